The van der Waals surface area contributed by atoms with Crippen LogP contribution in [0, 0.1) is 0 Å². The Bertz CT molecular complexity index is 333. The van der Waals surface area contributed by atoms with E-state index in [1.807, 2.05) is 34.6 Å². The van der Waals surface area contributed by atoms with E-state index in [1.165, 1.54) is 0 Å². The number of hydrogen-bond acceptors (Lipinski definition) is 4. The Labute approximate surface area is 99.5 Å². The summed E-state index contributed by atoms with van der Waals surface area (Å²) < 4.78 is 33.3. The van der Waals surface area contributed by atoms with Gasteiger partial charge in [0.15, 0.2) is 0 Å². The van der Waals surface area contributed by atoms with Crippen LogP contribution in [0.2, 0.25) is 0 Å². The van der Waals surface area contributed by atoms with Gasteiger partial charge in [-0.2, -0.15) is 8.42 Å². The lowest BCUT2D eigenvalue weighted by atomic mass is 9.88. The first-order valence-corrected chi connectivity index (χ1v) is 7.09. The molecule has 98 valence electrons. The standard InChI is InChI=1S/C11H24O4S/c1-9(2,3)14-10(4,5)11(6,7)15-16(8,12)13/h1-8H3. The van der Waals surface area contributed by atoms with Gasteiger partial charge in [-0.3, -0.25) is 4.18 Å². The molecule has 4 nitrogen and oxygen atoms in total. The van der Waals surface area contributed by atoms with Crippen LogP contribution in [-0.4, -0.2) is 31.5 Å². The summed E-state index contributed by atoms with van der Waals surface area (Å²) in [6.45, 7) is 12.8. The first-order valence-electron chi connectivity index (χ1n) is 5.27. The predicted molar refractivity (Wildman–Crippen MR) is 64.9 cm³/mol. The zero-order valence-electron chi connectivity index (χ0n) is 11.5. The maximum Gasteiger partial charge on any atom is 0.265 e. The molecule has 0 aromatic rings. The van der Waals surface area contributed by atoms with Crippen LogP contribution in [0.1, 0.15) is 48.5 Å². The van der Waals surface area contributed by atoms with E-state index >= 15 is 0 Å². The lowest BCUT2D eigenvalue weighted by molar-refractivity contribution is -0.187. The highest BCUT2D eigenvalue weighted by Gasteiger charge is 2.44. The molecule has 0 spiro atoms. The van der Waals surface area contributed by atoms with Crippen molar-refractivity contribution in [1.82, 2.24) is 0 Å². The van der Waals surface area contributed by atoms with Crippen LogP contribution in [-0.2, 0) is 19.0 Å². The van der Waals surface area contributed by atoms with E-state index in [2.05, 4.69) is 0 Å². The largest absolute Gasteiger partial charge is 0.367 e. The summed E-state index contributed by atoms with van der Waals surface area (Å²) in [6, 6.07) is 0. The third kappa shape index (κ3) is 5.27. The Balaban J connectivity index is 4.99. The second kappa shape index (κ2) is 4.27. The molecule has 0 amide bonds. The molecule has 0 atom stereocenters. The molecule has 0 radical (unpaired) electrons. The van der Waals surface area contributed by atoms with Gasteiger partial charge in [-0.25, -0.2) is 0 Å². The lowest BCUT2D eigenvalue weighted by Gasteiger charge is -2.43. The molecule has 0 bridgehead atoms. The van der Waals surface area contributed by atoms with Gasteiger partial charge < -0.3 is 4.74 Å². The second-order valence-electron chi connectivity index (χ2n) is 6.02. The Morgan fingerprint density at radius 2 is 1.19 bits per heavy atom. The van der Waals surface area contributed by atoms with Gasteiger partial charge in [-0.15, -0.1) is 0 Å². The molecule has 0 N–H and O–H groups in total. The van der Waals surface area contributed by atoms with Crippen LogP contribution in [0.4, 0.5) is 0 Å². The average Bonchev–Trinajstić information content (AvgIpc) is 1.72. The molecule has 5 heteroatoms. The summed E-state index contributed by atoms with van der Waals surface area (Å²) in [4.78, 5) is 0. The third-order valence-electron chi connectivity index (χ3n) is 2.37. The quantitative estimate of drug-likeness (QED) is 0.721. The lowest BCUT2D eigenvalue weighted by Crippen LogP contribution is -2.53. The Kier molecular flexibility index (Phi) is 4.24. The zero-order valence-corrected chi connectivity index (χ0v) is 12.4. The highest BCUT2D eigenvalue weighted by atomic mass is 32.2. The van der Waals surface area contributed by atoms with E-state index in [0.717, 1.165) is 6.26 Å². The second-order valence-corrected chi connectivity index (χ2v) is 7.60. The van der Waals surface area contributed by atoms with Crippen LogP contribution < -0.4 is 0 Å². The summed E-state index contributed by atoms with van der Waals surface area (Å²) in [6.07, 6.45) is 1.04. The Morgan fingerprint density at radius 1 is 0.812 bits per heavy atom. The topological polar surface area (TPSA) is 52.6 Å². The molecular formula is C11H24O4S. The number of ether oxygens (including phenoxy) is 1. The van der Waals surface area contributed by atoms with Crippen molar-refractivity contribution in [3.63, 3.8) is 0 Å². The van der Waals surface area contributed by atoms with Gasteiger partial charge in [0.05, 0.1) is 17.5 Å². The van der Waals surface area contributed by atoms with Crippen molar-refractivity contribution in [1.29, 1.82) is 0 Å². The molecule has 0 aromatic carbocycles. The van der Waals surface area contributed by atoms with Crippen molar-refractivity contribution >= 4 is 10.1 Å². The molecule has 0 aliphatic rings. The molecule has 0 aliphatic carbocycles. The van der Waals surface area contributed by atoms with E-state index in [0.29, 0.717) is 0 Å². The molecule has 0 saturated heterocycles. The van der Waals surface area contributed by atoms with Gasteiger partial charge in [0.1, 0.15) is 5.60 Å². The molecule has 0 aliphatic heterocycles. The minimum absolute atomic E-state index is 0.359. The molecule has 0 aromatic heterocycles. The normalized spacial score (nSPS) is 15.2. The summed E-state index contributed by atoms with van der Waals surface area (Å²) >= 11 is 0. The van der Waals surface area contributed by atoms with Crippen molar-refractivity contribution in [2.45, 2.75) is 65.3 Å². The molecule has 16 heavy (non-hydrogen) atoms. The van der Waals surface area contributed by atoms with Crippen LogP contribution in [0.15, 0.2) is 0 Å². The van der Waals surface area contributed by atoms with Crippen LogP contribution in [0.3, 0.4) is 0 Å². The minimum atomic E-state index is -3.50. The molecule has 0 saturated carbocycles. The van der Waals surface area contributed by atoms with E-state index in [9.17, 15) is 8.42 Å². The fourth-order valence-corrected chi connectivity index (χ4v) is 2.32. The van der Waals surface area contributed by atoms with Crippen LogP contribution >= 0.6 is 0 Å². The van der Waals surface area contributed by atoms with Gasteiger partial charge in [-0.1, -0.05) is 0 Å². The molecule has 0 fully saturated rings. The molecule has 0 unspecified atom stereocenters. The average molecular weight is 252 g/mol. The van der Waals surface area contributed by atoms with Gasteiger partial charge >= 0.3 is 0 Å². The molecule has 0 rings (SSSR count). The van der Waals surface area contributed by atoms with Gasteiger partial charge in [0.25, 0.3) is 10.1 Å². The van der Waals surface area contributed by atoms with Crippen molar-refractivity contribution in [3.8, 4) is 0 Å². The predicted octanol–water partition coefficient (Wildman–Crippen LogP) is 2.33. The summed E-state index contributed by atoms with van der Waals surface area (Å²) in [7, 11) is -3.50. The first kappa shape index (κ1) is 15.9. The van der Waals surface area contributed by atoms with E-state index < -0.39 is 21.3 Å². The Morgan fingerprint density at radius 3 is 1.44 bits per heavy atom. The molecule has 0 heterocycles. The van der Waals surface area contributed by atoms with E-state index in [4.69, 9.17) is 8.92 Å². The fraction of sp³-hybridized carbons (Fsp3) is 1.00. The number of hydrogen-bond donors (Lipinski definition) is 0. The summed E-state index contributed by atoms with van der Waals surface area (Å²) in [5.74, 6) is 0. The van der Waals surface area contributed by atoms with Crippen molar-refractivity contribution in [2.75, 3.05) is 6.26 Å². The summed E-state index contributed by atoms with van der Waals surface area (Å²) in [5.41, 5.74) is -2.00. The van der Waals surface area contributed by atoms with Gasteiger partial charge in [0, 0.05) is 0 Å². The van der Waals surface area contributed by atoms with E-state index in [1.54, 1.807) is 13.8 Å². The SMILES string of the molecule is CC(C)(C)OC(C)(C)C(C)(C)OS(C)(=O)=O. The van der Waals surface area contributed by atoms with Gasteiger partial charge in [-0.05, 0) is 48.5 Å². The van der Waals surface area contributed by atoms with Crippen molar-refractivity contribution in [2.24, 2.45) is 0 Å². The highest BCUT2D eigenvalue weighted by Crippen LogP contribution is 2.33. The highest BCUT2D eigenvalue weighted by molar-refractivity contribution is 7.86. The van der Waals surface area contributed by atoms with E-state index in [-0.39, 0.29) is 5.60 Å². The smallest absolute Gasteiger partial charge is 0.265 e. The van der Waals surface area contributed by atoms with Crippen LogP contribution in [0.25, 0.3) is 0 Å². The van der Waals surface area contributed by atoms with Crippen LogP contribution in [0.5, 0.6) is 0 Å². The maximum absolute atomic E-state index is 11.2. The van der Waals surface area contributed by atoms with Crippen molar-refractivity contribution < 1.29 is 17.3 Å². The number of rotatable bonds is 4. The summed E-state index contributed by atoms with van der Waals surface area (Å²) in [5, 5.41) is 0. The first-order chi connectivity index (χ1) is 6.66. The Hall–Kier alpha value is -0.130. The maximum atomic E-state index is 11.2. The van der Waals surface area contributed by atoms with Crippen molar-refractivity contribution in [3.05, 3.63) is 0 Å². The van der Waals surface area contributed by atoms with Gasteiger partial charge in [0.2, 0.25) is 0 Å². The molecular weight excluding hydrogens is 228 g/mol. The third-order valence-corrected chi connectivity index (χ3v) is 3.09. The monoisotopic (exact) mass is 252 g/mol. The minimum Gasteiger partial charge on any atom is -0.367 e. The fourth-order valence-electron chi connectivity index (χ4n) is 1.37. The zero-order chi connectivity index (χ0) is 13.4.